The molecule has 1 N–H and O–H groups in total. The molecule has 0 spiro atoms. The van der Waals surface area contributed by atoms with Crippen molar-refractivity contribution >= 4 is 0 Å². The Labute approximate surface area is 120 Å². The summed E-state index contributed by atoms with van der Waals surface area (Å²) in [7, 11) is 1.95. The second-order valence-electron chi connectivity index (χ2n) is 5.87. The number of hydrogen-bond donors (Lipinski definition) is 1. The third-order valence-electron chi connectivity index (χ3n) is 2.90. The first-order chi connectivity index (χ1) is 9.44. The summed E-state index contributed by atoms with van der Waals surface area (Å²) in [6.45, 7) is 7.67. The Morgan fingerprint density at radius 2 is 2.05 bits per heavy atom. The van der Waals surface area contributed by atoms with Crippen LogP contribution in [0.1, 0.15) is 32.2 Å². The molecule has 0 fully saturated rings. The zero-order valence-electron chi connectivity index (χ0n) is 12.6. The molecular formula is C15H22N4O. The molecule has 0 bridgehead atoms. The van der Waals surface area contributed by atoms with Gasteiger partial charge in [-0.1, -0.05) is 0 Å². The number of nitrogens with zero attached hydrogens (tertiary/aromatic N) is 3. The Morgan fingerprint density at radius 1 is 1.25 bits per heavy atom. The lowest BCUT2D eigenvalue weighted by Gasteiger charge is -2.20. The third kappa shape index (κ3) is 4.35. The molecule has 0 radical (unpaired) electrons. The van der Waals surface area contributed by atoms with Crippen LogP contribution in [-0.2, 0) is 20.2 Å². The molecule has 0 aliphatic rings. The summed E-state index contributed by atoms with van der Waals surface area (Å²) < 4.78 is 7.63. The average molecular weight is 274 g/mol. The molecule has 2 heterocycles. The van der Waals surface area contributed by atoms with Crippen LogP contribution in [0.15, 0.2) is 30.9 Å². The van der Waals surface area contributed by atoms with Crippen molar-refractivity contribution in [2.24, 2.45) is 7.05 Å². The molecule has 5 nitrogen and oxygen atoms in total. The standard InChI is InChI=1S/C15H22N4O/c1-15(2,3)18-7-12-5-6-14(9-17-12)20-10-13-8-16-11-19(13)4/h5-6,8-9,11,18H,7,10H2,1-4H3. The first kappa shape index (κ1) is 14.5. The van der Waals surface area contributed by atoms with Crippen molar-refractivity contribution in [3.05, 3.63) is 42.2 Å². The second kappa shape index (κ2) is 6.05. The fourth-order valence-electron chi connectivity index (χ4n) is 1.64. The Kier molecular flexibility index (Phi) is 4.39. The smallest absolute Gasteiger partial charge is 0.138 e. The molecular weight excluding hydrogens is 252 g/mol. The van der Waals surface area contributed by atoms with Crippen molar-refractivity contribution < 1.29 is 4.74 Å². The van der Waals surface area contributed by atoms with E-state index in [0.717, 1.165) is 23.7 Å². The van der Waals surface area contributed by atoms with Gasteiger partial charge in [0, 0.05) is 19.1 Å². The van der Waals surface area contributed by atoms with Gasteiger partial charge in [-0.15, -0.1) is 0 Å². The van der Waals surface area contributed by atoms with E-state index in [4.69, 9.17) is 4.74 Å². The van der Waals surface area contributed by atoms with Crippen LogP contribution in [0.4, 0.5) is 0 Å². The van der Waals surface area contributed by atoms with Crippen LogP contribution in [0.5, 0.6) is 5.75 Å². The van der Waals surface area contributed by atoms with Crippen LogP contribution in [0.3, 0.4) is 0 Å². The number of hydrogen-bond acceptors (Lipinski definition) is 4. The molecule has 0 saturated heterocycles. The van der Waals surface area contributed by atoms with Crippen molar-refractivity contribution in [1.29, 1.82) is 0 Å². The highest BCUT2D eigenvalue weighted by molar-refractivity contribution is 5.20. The summed E-state index contributed by atoms with van der Waals surface area (Å²) in [5.74, 6) is 0.769. The van der Waals surface area contributed by atoms with Crippen LogP contribution in [-0.4, -0.2) is 20.1 Å². The van der Waals surface area contributed by atoms with Gasteiger partial charge in [0.25, 0.3) is 0 Å². The second-order valence-corrected chi connectivity index (χ2v) is 5.87. The van der Waals surface area contributed by atoms with Crippen molar-refractivity contribution in [3.63, 3.8) is 0 Å². The van der Waals surface area contributed by atoms with Crippen LogP contribution < -0.4 is 10.1 Å². The van der Waals surface area contributed by atoms with Crippen LogP contribution in [0.2, 0.25) is 0 Å². The SMILES string of the molecule is Cn1cncc1COc1ccc(CNC(C)(C)C)nc1. The molecule has 5 heteroatoms. The summed E-state index contributed by atoms with van der Waals surface area (Å²) in [5.41, 5.74) is 2.13. The van der Waals surface area contributed by atoms with E-state index in [-0.39, 0.29) is 5.54 Å². The summed E-state index contributed by atoms with van der Waals surface area (Å²) in [6, 6.07) is 3.93. The number of ether oxygens (including phenoxy) is 1. The van der Waals surface area contributed by atoms with Crippen molar-refractivity contribution in [1.82, 2.24) is 19.9 Å². The Bertz CT molecular complexity index is 540. The molecule has 108 valence electrons. The third-order valence-corrected chi connectivity index (χ3v) is 2.90. The Balaban J connectivity index is 1.87. The summed E-state index contributed by atoms with van der Waals surface area (Å²) in [4.78, 5) is 8.45. The molecule has 0 atom stereocenters. The maximum absolute atomic E-state index is 5.69. The number of aromatic nitrogens is 3. The molecule has 20 heavy (non-hydrogen) atoms. The highest BCUT2D eigenvalue weighted by Gasteiger charge is 2.08. The predicted octanol–water partition coefficient (Wildman–Crippen LogP) is 2.28. The van der Waals surface area contributed by atoms with E-state index in [1.165, 1.54) is 0 Å². The zero-order chi connectivity index (χ0) is 14.6. The van der Waals surface area contributed by atoms with E-state index >= 15 is 0 Å². The van der Waals surface area contributed by atoms with Crippen molar-refractivity contribution in [2.45, 2.75) is 39.5 Å². The monoisotopic (exact) mass is 274 g/mol. The van der Waals surface area contributed by atoms with Gasteiger partial charge in [-0.25, -0.2) is 4.98 Å². The van der Waals surface area contributed by atoms with Gasteiger partial charge >= 0.3 is 0 Å². The van der Waals surface area contributed by atoms with Gasteiger partial charge in [-0.3, -0.25) is 4.98 Å². The van der Waals surface area contributed by atoms with Gasteiger partial charge in [0.05, 0.1) is 30.1 Å². The van der Waals surface area contributed by atoms with Gasteiger partial charge < -0.3 is 14.6 Å². The summed E-state index contributed by atoms with van der Waals surface area (Å²) in [5, 5.41) is 3.40. The molecule has 0 saturated carbocycles. The number of pyridine rings is 1. The average Bonchev–Trinajstić information content (AvgIpc) is 2.80. The maximum Gasteiger partial charge on any atom is 0.138 e. The van der Waals surface area contributed by atoms with E-state index in [2.05, 4.69) is 36.1 Å². The largest absolute Gasteiger partial charge is 0.486 e. The lowest BCUT2D eigenvalue weighted by Crippen LogP contribution is -2.35. The van der Waals surface area contributed by atoms with Gasteiger partial charge in [-0.05, 0) is 32.9 Å². The molecule has 2 aromatic heterocycles. The lowest BCUT2D eigenvalue weighted by atomic mass is 10.1. The molecule has 0 aliphatic carbocycles. The summed E-state index contributed by atoms with van der Waals surface area (Å²) >= 11 is 0. The fourth-order valence-corrected chi connectivity index (χ4v) is 1.64. The minimum absolute atomic E-state index is 0.0936. The van der Waals surface area contributed by atoms with E-state index in [9.17, 15) is 0 Å². The number of rotatable bonds is 5. The Hall–Kier alpha value is -1.88. The molecule has 0 unspecified atom stereocenters. The van der Waals surface area contributed by atoms with Crippen LogP contribution >= 0.6 is 0 Å². The van der Waals surface area contributed by atoms with E-state index in [1.54, 1.807) is 18.7 Å². The lowest BCUT2D eigenvalue weighted by molar-refractivity contribution is 0.295. The first-order valence-corrected chi connectivity index (χ1v) is 6.72. The molecule has 2 aromatic rings. The van der Waals surface area contributed by atoms with Gasteiger partial charge in [0.1, 0.15) is 12.4 Å². The zero-order valence-corrected chi connectivity index (χ0v) is 12.6. The van der Waals surface area contributed by atoms with E-state index in [0.29, 0.717) is 6.61 Å². The quantitative estimate of drug-likeness (QED) is 0.909. The Morgan fingerprint density at radius 3 is 2.60 bits per heavy atom. The van der Waals surface area contributed by atoms with Crippen molar-refractivity contribution in [2.75, 3.05) is 0 Å². The number of aryl methyl sites for hydroxylation is 1. The normalized spacial score (nSPS) is 11.6. The minimum atomic E-state index is 0.0936. The number of nitrogens with one attached hydrogen (secondary N) is 1. The van der Waals surface area contributed by atoms with Crippen molar-refractivity contribution in [3.8, 4) is 5.75 Å². The van der Waals surface area contributed by atoms with Crippen LogP contribution in [0.25, 0.3) is 0 Å². The fraction of sp³-hybridized carbons (Fsp3) is 0.467. The topological polar surface area (TPSA) is 52.0 Å². The summed E-state index contributed by atoms with van der Waals surface area (Å²) in [6.07, 6.45) is 5.32. The van der Waals surface area contributed by atoms with Gasteiger partial charge in [0.2, 0.25) is 0 Å². The van der Waals surface area contributed by atoms with E-state index < -0.39 is 0 Å². The van der Waals surface area contributed by atoms with E-state index in [1.807, 2.05) is 23.7 Å². The number of imidazole rings is 1. The molecule has 0 aromatic carbocycles. The van der Waals surface area contributed by atoms with Gasteiger partial charge in [-0.2, -0.15) is 0 Å². The highest BCUT2D eigenvalue weighted by Crippen LogP contribution is 2.12. The minimum Gasteiger partial charge on any atom is -0.486 e. The molecule has 0 amide bonds. The molecule has 2 rings (SSSR count). The maximum atomic E-state index is 5.69. The van der Waals surface area contributed by atoms with Crippen LogP contribution in [0, 0.1) is 0 Å². The highest BCUT2D eigenvalue weighted by atomic mass is 16.5. The first-order valence-electron chi connectivity index (χ1n) is 6.72. The predicted molar refractivity (Wildman–Crippen MR) is 78.4 cm³/mol. The van der Waals surface area contributed by atoms with Gasteiger partial charge in [0.15, 0.2) is 0 Å². The molecule has 0 aliphatic heterocycles.